The van der Waals surface area contributed by atoms with Crippen LogP contribution in [-0.4, -0.2) is 19.8 Å². The molecule has 2 heteroatoms. The van der Waals surface area contributed by atoms with E-state index in [9.17, 15) is 0 Å². The third-order valence-corrected chi connectivity index (χ3v) is 3.50. The molecule has 2 rings (SSSR count). The summed E-state index contributed by atoms with van der Waals surface area (Å²) in [4.78, 5) is 0. The molecule has 1 aromatic carbocycles. The predicted molar refractivity (Wildman–Crippen MR) is 62.0 cm³/mol. The fraction of sp³-hybridized carbons (Fsp3) is 0.538. The zero-order chi connectivity index (χ0) is 10.7. The van der Waals surface area contributed by atoms with Crippen molar-refractivity contribution in [1.82, 2.24) is 0 Å². The summed E-state index contributed by atoms with van der Waals surface area (Å²) >= 11 is 0. The highest BCUT2D eigenvalue weighted by molar-refractivity contribution is 5.29. The van der Waals surface area contributed by atoms with Gasteiger partial charge >= 0.3 is 0 Å². The van der Waals surface area contributed by atoms with Crippen molar-refractivity contribution in [2.75, 3.05) is 19.8 Å². The Kier molecular flexibility index (Phi) is 3.08. The lowest BCUT2D eigenvalue weighted by Gasteiger charge is -2.36. The fourth-order valence-electron chi connectivity index (χ4n) is 2.28. The van der Waals surface area contributed by atoms with E-state index >= 15 is 0 Å². The van der Waals surface area contributed by atoms with Crippen LogP contribution in [0.15, 0.2) is 24.3 Å². The Bertz CT molecular complexity index is 312. The molecule has 0 amide bonds. The highest BCUT2D eigenvalue weighted by Crippen LogP contribution is 2.33. The van der Waals surface area contributed by atoms with Crippen molar-refractivity contribution in [3.8, 4) is 0 Å². The number of benzene rings is 1. The van der Waals surface area contributed by atoms with Gasteiger partial charge in [-0.1, -0.05) is 29.8 Å². The molecular formula is C13H19NO. The van der Waals surface area contributed by atoms with E-state index in [1.165, 1.54) is 11.1 Å². The summed E-state index contributed by atoms with van der Waals surface area (Å²) in [5, 5.41) is 0. The summed E-state index contributed by atoms with van der Waals surface area (Å²) in [5.74, 6) is 0. The lowest BCUT2D eigenvalue weighted by Crippen LogP contribution is -2.40. The maximum atomic E-state index is 5.95. The number of rotatable bonds is 2. The summed E-state index contributed by atoms with van der Waals surface area (Å²) in [7, 11) is 0. The Morgan fingerprint density at radius 1 is 1.20 bits per heavy atom. The molecule has 0 aromatic heterocycles. The molecule has 82 valence electrons. The number of hydrogen-bond donors (Lipinski definition) is 1. The van der Waals surface area contributed by atoms with Gasteiger partial charge in [0.15, 0.2) is 0 Å². The Hall–Kier alpha value is -0.860. The van der Waals surface area contributed by atoms with Crippen molar-refractivity contribution in [1.29, 1.82) is 0 Å². The van der Waals surface area contributed by atoms with Crippen LogP contribution in [-0.2, 0) is 10.2 Å². The SMILES string of the molecule is Cc1ccc(C2(CN)CCOCC2)cc1. The van der Waals surface area contributed by atoms with Crippen LogP contribution >= 0.6 is 0 Å². The van der Waals surface area contributed by atoms with Crippen LogP contribution in [0.5, 0.6) is 0 Å². The summed E-state index contributed by atoms with van der Waals surface area (Å²) in [6.45, 7) is 4.51. The molecule has 1 fully saturated rings. The molecule has 1 aliphatic rings. The number of aryl methyl sites for hydroxylation is 1. The first-order valence-corrected chi connectivity index (χ1v) is 5.62. The Morgan fingerprint density at radius 3 is 2.33 bits per heavy atom. The number of nitrogens with two attached hydrogens (primary N) is 1. The van der Waals surface area contributed by atoms with Gasteiger partial charge in [-0.05, 0) is 25.3 Å². The minimum atomic E-state index is 0.159. The van der Waals surface area contributed by atoms with Gasteiger partial charge in [-0.15, -0.1) is 0 Å². The van der Waals surface area contributed by atoms with Crippen LogP contribution in [0.2, 0.25) is 0 Å². The Morgan fingerprint density at radius 2 is 1.80 bits per heavy atom. The van der Waals surface area contributed by atoms with Gasteiger partial charge in [0.05, 0.1) is 0 Å². The molecule has 0 unspecified atom stereocenters. The molecule has 0 atom stereocenters. The standard InChI is InChI=1S/C13H19NO/c1-11-2-4-12(5-3-11)13(10-14)6-8-15-9-7-13/h2-5H,6-10,14H2,1H3. The van der Waals surface area contributed by atoms with Gasteiger partial charge in [-0.3, -0.25) is 0 Å². The van der Waals surface area contributed by atoms with Crippen LogP contribution in [0, 0.1) is 6.92 Å². The molecular weight excluding hydrogens is 186 g/mol. The topological polar surface area (TPSA) is 35.2 Å². The van der Waals surface area contributed by atoms with E-state index in [0.29, 0.717) is 0 Å². The van der Waals surface area contributed by atoms with E-state index in [0.717, 1.165) is 32.6 Å². The summed E-state index contributed by atoms with van der Waals surface area (Å²) in [6.07, 6.45) is 2.10. The van der Waals surface area contributed by atoms with Crippen molar-refractivity contribution < 1.29 is 4.74 Å². The zero-order valence-electron chi connectivity index (χ0n) is 9.33. The normalized spacial score (nSPS) is 20.1. The lowest BCUT2D eigenvalue weighted by atomic mass is 9.74. The Balaban J connectivity index is 2.28. The van der Waals surface area contributed by atoms with Crippen LogP contribution < -0.4 is 5.73 Å². The molecule has 0 spiro atoms. The van der Waals surface area contributed by atoms with Crippen molar-refractivity contribution in [2.24, 2.45) is 5.73 Å². The molecule has 0 radical (unpaired) electrons. The minimum absolute atomic E-state index is 0.159. The highest BCUT2D eigenvalue weighted by atomic mass is 16.5. The predicted octanol–water partition coefficient (Wildman–Crippen LogP) is 2.00. The van der Waals surface area contributed by atoms with Crippen LogP contribution in [0.25, 0.3) is 0 Å². The zero-order valence-corrected chi connectivity index (χ0v) is 9.33. The molecule has 2 nitrogen and oxygen atoms in total. The van der Waals surface area contributed by atoms with E-state index in [1.54, 1.807) is 0 Å². The molecule has 0 saturated carbocycles. The second-order valence-electron chi connectivity index (χ2n) is 4.46. The van der Waals surface area contributed by atoms with Crippen LogP contribution in [0.3, 0.4) is 0 Å². The molecule has 1 aliphatic heterocycles. The van der Waals surface area contributed by atoms with Gasteiger partial charge in [0.1, 0.15) is 0 Å². The van der Waals surface area contributed by atoms with E-state index in [4.69, 9.17) is 10.5 Å². The first kappa shape index (κ1) is 10.7. The third kappa shape index (κ3) is 2.06. The highest BCUT2D eigenvalue weighted by Gasteiger charge is 2.32. The van der Waals surface area contributed by atoms with Gasteiger partial charge in [0.25, 0.3) is 0 Å². The van der Waals surface area contributed by atoms with Crippen molar-refractivity contribution in [2.45, 2.75) is 25.2 Å². The lowest BCUT2D eigenvalue weighted by molar-refractivity contribution is 0.0529. The van der Waals surface area contributed by atoms with Crippen molar-refractivity contribution in [3.05, 3.63) is 35.4 Å². The molecule has 15 heavy (non-hydrogen) atoms. The largest absolute Gasteiger partial charge is 0.381 e. The molecule has 0 bridgehead atoms. The molecule has 1 aromatic rings. The Labute approximate surface area is 91.4 Å². The fourth-order valence-corrected chi connectivity index (χ4v) is 2.28. The summed E-state index contributed by atoms with van der Waals surface area (Å²) in [6, 6.07) is 8.77. The van der Waals surface area contributed by atoms with E-state index in [1.807, 2.05) is 0 Å². The monoisotopic (exact) mass is 205 g/mol. The first-order valence-electron chi connectivity index (χ1n) is 5.62. The maximum Gasteiger partial charge on any atom is 0.0475 e. The van der Waals surface area contributed by atoms with E-state index < -0.39 is 0 Å². The van der Waals surface area contributed by atoms with Crippen molar-refractivity contribution in [3.63, 3.8) is 0 Å². The summed E-state index contributed by atoms with van der Waals surface area (Å²) < 4.78 is 5.42. The second-order valence-corrected chi connectivity index (χ2v) is 4.46. The maximum absolute atomic E-state index is 5.95. The number of ether oxygens (including phenoxy) is 1. The third-order valence-electron chi connectivity index (χ3n) is 3.50. The quantitative estimate of drug-likeness (QED) is 0.801. The average molecular weight is 205 g/mol. The minimum Gasteiger partial charge on any atom is -0.381 e. The molecule has 1 saturated heterocycles. The summed E-state index contributed by atoms with van der Waals surface area (Å²) in [5.41, 5.74) is 8.79. The van der Waals surface area contributed by atoms with Crippen molar-refractivity contribution >= 4 is 0 Å². The number of hydrogen-bond acceptors (Lipinski definition) is 2. The molecule has 2 N–H and O–H groups in total. The van der Waals surface area contributed by atoms with Gasteiger partial charge < -0.3 is 10.5 Å². The van der Waals surface area contributed by atoms with Gasteiger partial charge in [-0.25, -0.2) is 0 Å². The molecule has 0 aliphatic carbocycles. The van der Waals surface area contributed by atoms with Gasteiger partial charge in [-0.2, -0.15) is 0 Å². The van der Waals surface area contributed by atoms with E-state index in [-0.39, 0.29) is 5.41 Å². The molecule has 1 heterocycles. The van der Waals surface area contributed by atoms with E-state index in [2.05, 4.69) is 31.2 Å². The smallest absolute Gasteiger partial charge is 0.0475 e. The van der Waals surface area contributed by atoms with Crippen LogP contribution in [0.1, 0.15) is 24.0 Å². The first-order chi connectivity index (χ1) is 7.27. The average Bonchev–Trinajstić information content (AvgIpc) is 2.31. The van der Waals surface area contributed by atoms with Gasteiger partial charge in [0.2, 0.25) is 0 Å². The second kappa shape index (κ2) is 4.33. The van der Waals surface area contributed by atoms with Gasteiger partial charge in [0, 0.05) is 25.2 Å². The van der Waals surface area contributed by atoms with Crippen LogP contribution in [0.4, 0.5) is 0 Å².